The predicted octanol–water partition coefficient (Wildman–Crippen LogP) is 4.98. The van der Waals surface area contributed by atoms with Gasteiger partial charge in [0, 0.05) is 36.3 Å². The van der Waals surface area contributed by atoms with Crippen molar-refractivity contribution in [3.63, 3.8) is 0 Å². The number of fused-ring (bicyclic) bond motifs is 1. The van der Waals surface area contributed by atoms with E-state index >= 15 is 0 Å². The molecule has 0 aliphatic carbocycles. The van der Waals surface area contributed by atoms with Gasteiger partial charge in [-0.2, -0.15) is 0 Å². The van der Waals surface area contributed by atoms with Crippen LogP contribution in [0.1, 0.15) is 44.6 Å². The highest BCUT2D eigenvalue weighted by atomic mass is 16.5. The zero-order valence-electron chi connectivity index (χ0n) is 16.2. The Hall–Kier alpha value is -2.33. The first-order valence-electron chi connectivity index (χ1n) is 10.2. The second-order valence-electron chi connectivity index (χ2n) is 7.42. The van der Waals surface area contributed by atoms with E-state index in [1.54, 1.807) is 0 Å². The van der Waals surface area contributed by atoms with Crippen LogP contribution >= 0.6 is 0 Å². The Bertz CT molecular complexity index is 767. The number of rotatable bonds is 7. The summed E-state index contributed by atoms with van der Waals surface area (Å²) in [6, 6.07) is 8.81. The number of nitrogens with one attached hydrogen (secondary N) is 1. The van der Waals surface area contributed by atoms with Gasteiger partial charge < -0.3 is 15.0 Å². The summed E-state index contributed by atoms with van der Waals surface area (Å²) in [6.07, 6.45) is 14.5. The summed E-state index contributed by atoms with van der Waals surface area (Å²) in [5.41, 5.74) is 5.02. The van der Waals surface area contributed by atoms with E-state index in [-0.39, 0.29) is 0 Å². The minimum Gasteiger partial charge on any atom is -0.382 e. The number of amidine groups is 1. The Morgan fingerprint density at radius 1 is 1.22 bits per heavy atom. The number of benzene rings is 1. The third-order valence-corrected chi connectivity index (χ3v) is 5.40. The van der Waals surface area contributed by atoms with E-state index in [4.69, 9.17) is 9.73 Å². The van der Waals surface area contributed by atoms with Gasteiger partial charge in [0.1, 0.15) is 5.84 Å². The van der Waals surface area contributed by atoms with Crippen molar-refractivity contribution in [2.75, 3.05) is 25.0 Å². The number of aliphatic imine (C=N–C) groups is 1. The van der Waals surface area contributed by atoms with E-state index < -0.39 is 0 Å². The first-order chi connectivity index (χ1) is 13.3. The van der Waals surface area contributed by atoms with Crippen molar-refractivity contribution in [2.24, 2.45) is 4.99 Å². The molecule has 0 bridgehead atoms. The van der Waals surface area contributed by atoms with Gasteiger partial charge in [0.25, 0.3) is 0 Å². The van der Waals surface area contributed by atoms with Crippen LogP contribution in [0.5, 0.6) is 0 Å². The molecule has 1 N–H and O–H groups in total. The van der Waals surface area contributed by atoms with Crippen LogP contribution in [0.15, 0.2) is 59.4 Å². The highest BCUT2D eigenvalue weighted by Crippen LogP contribution is 2.30. The van der Waals surface area contributed by atoms with Crippen LogP contribution in [-0.4, -0.2) is 36.5 Å². The smallest absolute Gasteiger partial charge is 0.133 e. The van der Waals surface area contributed by atoms with Gasteiger partial charge in [0.2, 0.25) is 0 Å². The highest BCUT2D eigenvalue weighted by molar-refractivity contribution is 5.99. The number of anilines is 1. The van der Waals surface area contributed by atoms with Crippen LogP contribution in [0.4, 0.5) is 5.69 Å². The molecule has 1 saturated heterocycles. The molecule has 27 heavy (non-hydrogen) atoms. The maximum atomic E-state index is 5.69. The Labute approximate surface area is 162 Å². The van der Waals surface area contributed by atoms with Crippen LogP contribution in [-0.2, 0) is 4.74 Å². The molecule has 1 fully saturated rings. The van der Waals surface area contributed by atoms with Gasteiger partial charge >= 0.3 is 0 Å². The van der Waals surface area contributed by atoms with Gasteiger partial charge in [0.15, 0.2) is 0 Å². The van der Waals surface area contributed by atoms with Gasteiger partial charge in [-0.1, -0.05) is 31.6 Å². The molecule has 0 aromatic heterocycles. The number of unbranched alkanes of at least 4 members (excludes halogenated alkanes) is 1. The zero-order chi connectivity index (χ0) is 18.5. The lowest BCUT2D eigenvalue weighted by atomic mass is 9.98. The van der Waals surface area contributed by atoms with Crippen molar-refractivity contribution in [1.29, 1.82) is 0 Å². The molecule has 1 aromatic rings. The molecule has 1 aromatic carbocycles. The van der Waals surface area contributed by atoms with E-state index in [0.717, 1.165) is 44.1 Å². The fraction of sp³-hybridized carbons (Fsp3) is 0.435. The van der Waals surface area contributed by atoms with Gasteiger partial charge in [0.05, 0.1) is 12.6 Å². The van der Waals surface area contributed by atoms with Crippen molar-refractivity contribution in [3.05, 3.63) is 60.0 Å². The minimum atomic E-state index is 0.359. The summed E-state index contributed by atoms with van der Waals surface area (Å²) in [6.45, 7) is 4.92. The van der Waals surface area contributed by atoms with Crippen LogP contribution < -0.4 is 5.32 Å². The number of allylic oxidation sites excluding steroid dienone is 3. The first-order valence-corrected chi connectivity index (χ1v) is 10.2. The molecule has 0 amide bonds. The van der Waals surface area contributed by atoms with Crippen molar-refractivity contribution in [2.45, 2.75) is 45.1 Å². The molecule has 0 radical (unpaired) electrons. The lowest BCUT2D eigenvalue weighted by Gasteiger charge is -2.30. The Kier molecular flexibility index (Phi) is 5.73. The fourth-order valence-corrected chi connectivity index (χ4v) is 3.81. The standard InChI is InChI=1S/C23H29N3O/c1-2-3-8-22-21(17-26-14-5-4-9-23(26)25-22)18-10-12-19(13-11-18)24-16-20-7-6-15-27-20/h4-5,9-14,20,24H,2-3,6-8,15-17H2,1H3/t20-/m0/s1. The molecule has 4 nitrogen and oxygen atoms in total. The van der Waals surface area contributed by atoms with E-state index in [1.165, 1.54) is 36.1 Å². The Balaban J connectivity index is 1.51. The SMILES string of the molecule is CCCCC1=C(c2ccc(NC[C@@H]3CCCO3)cc2)CN2C=CC=CC2=N1. The predicted molar refractivity (Wildman–Crippen MR) is 113 cm³/mol. The number of ether oxygens (including phenoxy) is 1. The Morgan fingerprint density at radius 3 is 2.89 bits per heavy atom. The van der Waals surface area contributed by atoms with Crippen LogP contribution in [0.3, 0.4) is 0 Å². The maximum Gasteiger partial charge on any atom is 0.133 e. The van der Waals surface area contributed by atoms with Gasteiger partial charge in [-0.25, -0.2) is 4.99 Å². The lowest BCUT2D eigenvalue weighted by Crippen LogP contribution is -2.31. The average molecular weight is 364 g/mol. The molecule has 1 atom stereocenters. The largest absolute Gasteiger partial charge is 0.382 e. The molecule has 0 unspecified atom stereocenters. The van der Waals surface area contributed by atoms with Crippen molar-refractivity contribution >= 4 is 17.1 Å². The van der Waals surface area contributed by atoms with Crippen LogP contribution in [0.2, 0.25) is 0 Å². The summed E-state index contributed by atoms with van der Waals surface area (Å²) >= 11 is 0. The summed E-state index contributed by atoms with van der Waals surface area (Å²) in [5.74, 6) is 1.06. The summed E-state index contributed by atoms with van der Waals surface area (Å²) < 4.78 is 5.69. The van der Waals surface area contributed by atoms with E-state index in [1.807, 2.05) is 0 Å². The molecule has 3 aliphatic heterocycles. The number of nitrogens with zero attached hydrogens (tertiary/aromatic N) is 2. The molecule has 4 heteroatoms. The molecule has 0 saturated carbocycles. The quantitative estimate of drug-likeness (QED) is 0.742. The van der Waals surface area contributed by atoms with Gasteiger partial charge in [-0.05, 0) is 55.5 Å². The second kappa shape index (κ2) is 8.57. The Morgan fingerprint density at radius 2 is 2.11 bits per heavy atom. The molecule has 4 rings (SSSR count). The number of hydrogen-bond donors (Lipinski definition) is 1. The normalized spacial score (nSPS) is 21.4. The van der Waals surface area contributed by atoms with E-state index in [0.29, 0.717) is 6.10 Å². The molecular weight excluding hydrogens is 334 g/mol. The minimum absolute atomic E-state index is 0.359. The maximum absolute atomic E-state index is 5.69. The van der Waals surface area contributed by atoms with Gasteiger partial charge in [-0.3, -0.25) is 0 Å². The zero-order valence-corrected chi connectivity index (χ0v) is 16.2. The highest BCUT2D eigenvalue weighted by Gasteiger charge is 2.21. The third kappa shape index (κ3) is 4.33. The molecule has 3 aliphatic rings. The number of hydrogen-bond acceptors (Lipinski definition) is 4. The molecule has 142 valence electrons. The van der Waals surface area contributed by atoms with Gasteiger partial charge in [-0.15, -0.1) is 0 Å². The van der Waals surface area contributed by atoms with E-state index in [9.17, 15) is 0 Å². The van der Waals surface area contributed by atoms with Crippen molar-refractivity contribution in [3.8, 4) is 0 Å². The first kappa shape index (κ1) is 18.1. The molecule has 3 heterocycles. The summed E-state index contributed by atoms with van der Waals surface area (Å²) in [7, 11) is 0. The monoisotopic (exact) mass is 363 g/mol. The summed E-state index contributed by atoms with van der Waals surface area (Å²) in [5, 5.41) is 3.51. The van der Waals surface area contributed by atoms with Crippen molar-refractivity contribution < 1.29 is 4.74 Å². The summed E-state index contributed by atoms with van der Waals surface area (Å²) in [4.78, 5) is 7.19. The van der Waals surface area contributed by atoms with E-state index in [2.05, 4.69) is 65.8 Å². The molecule has 0 spiro atoms. The van der Waals surface area contributed by atoms with Crippen LogP contribution in [0.25, 0.3) is 5.57 Å². The van der Waals surface area contributed by atoms with Crippen molar-refractivity contribution in [1.82, 2.24) is 4.90 Å². The topological polar surface area (TPSA) is 36.9 Å². The second-order valence-corrected chi connectivity index (χ2v) is 7.42. The lowest BCUT2D eigenvalue weighted by molar-refractivity contribution is 0.120. The fourth-order valence-electron chi connectivity index (χ4n) is 3.81. The molecular formula is C23H29N3O. The van der Waals surface area contributed by atoms with Crippen LogP contribution in [0, 0.1) is 0 Å². The third-order valence-electron chi connectivity index (χ3n) is 5.40. The average Bonchev–Trinajstić information content (AvgIpc) is 3.24.